The quantitative estimate of drug-likeness (QED) is 0.470. The molecule has 0 N–H and O–H groups in total. The third-order valence-corrected chi connectivity index (χ3v) is 3.11. The highest BCUT2D eigenvalue weighted by Crippen LogP contribution is 2.26. The maximum atomic E-state index is 11.5. The number of ether oxygens (including phenoxy) is 1. The third-order valence-electron chi connectivity index (χ3n) is 2.18. The number of aromatic nitrogens is 2. The first-order valence-corrected chi connectivity index (χ1v) is 6.05. The Hall–Kier alpha value is -2.02. The van der Waals surface area contributed by atoms with Crippen LogP contribution in [0.25, 0.3) is 11.3 Å². The highest BCUT2D eigenvalue weighted by molar-refractivity contribution is 8.00. The van der Waals surface area contributed by atoms with Crippen LogP contribution in [0.5, 0.6) is 0 Å². The molecule has 0 aliphatic rings. The van der Waals surface area contributed by atoms with E-state index < -0.39 is 0 Å². The molecule has 18 heavy (non-hydrogen) atoms. The van der Waals surface area contributed by atoms with Gasteiger partial charge in [-0.25, -0.2) is 0 Å². The fraction of sp³-hybridized carbons (Fsp3) is 0.182. The van der Waals surface area contributed by atoms with Crippen molar-refractivity contribution in [1.29, 1.82) is 0 Å². The van der Waals surface area contributed by atoms with Crippen LogP contribution in [-0.4, -0.2) is 24.0 Å². The number of hydrogen-bond acceptors (Lipinski definition) is 6. The molecule has 6 nitrogen and oxygen atoms in total. The normalized spacial score (nSPS) is 10.3. The summed E-state index contributed by atoms with van der Waals surface area (Å²) in [5.74, 6) is -0.317. The minimum atomic E-state index is -0.389. The summed E-state index contributed by atoms with van der Waals surface area (Å²) in [6.45, 7) is 0. The Kier molecular flexibility index (Phi) is 3.83. The van der Waals surface area contributed by atoms with Crippen molar-refractivity contribution in [2.24, 2.45) is 0 Å². The summed E-state index contributed by atoms with van der Waals surface area (Å²) in [5, 5.41) is 15.5. The number of carbonyl (C=O) groups is 1. The minimum absolute atomic E-state index is 0.0723. The molecule has 0 amide bonds. The number of carbonyl (C=O) groups excluding carboxylic acids is 1. The van der Waals surface area contributed by atoms with Crippen LogP contribution in [0.1, 0.15) is 0 Å². The van der Waals surface area contributed by atoms with Crippen LogP contribution in [0.3, 0.4) is 0 Å². The fourth-order valence-corrected chi connectivity index (χ4v) is 2.13. The van der Waals surface area contributed by atoms with Crippen molar-refractivity contribution < 1.29 is 19.1 Å². The number of rotatable bonds is 4. The van der Waals surface area contributed by atoms with Crippen LogP contribution >= 0.6 is 11.8 Å². The van der Waals surface area contributed by atoms with Crippen LogP contribution in [-0.2, 0) is 9.53 Å². The van der Waals surface area contributed by atoms with Gasteiger partial charge in [-0.1, -0.05) is 42.1 Å². The average molecular weight is 266 g/mol. The van der Waals surface area contributed by atoms with Crippen molar-refractivity contribution in [3.63, 3.8) is 0 Å². The van der Waals surface area contributed by atoms with Gasteiger partial charge in [-0.2, -0.15) is 0 Å². The van der Waals surface area contributed by atoms with E-state index in [1.54, 1.807) is 24.3 Å². The Morgan fingerprint density at radius 2 is 2.22 bits per heavy atom. The summed E-state index contributed by atoms with van der Waals surface area (Å²) in [6.07, 6.45) is 0. The number of thioether (sulfide) groups is 1. The molecule has 0 unspecified atom stereocenters. The van der Waals surface area contributed by atoms with Gasteiger partial charge in [-0.3, -0.25) is 9.42 Å². The van der Waals surface area contributed by atoms with Crippen molar-refractivity contribution in [1.82, 2.24) is 5.16 Å². The first kappa shape index (κ1) is 12.4. The van der Waals surface area contributed by atoms with Gasteiger partial charge in [0.15, 0.2) is 0 Å². The highest BCUT2D eigenvalue weighted by atomic mass is 32.2. The van der Waals surface area contributed by atoms with Gasteiger partial charge < -0.3 is 9.94 Å². The summed E-state index contributed by atoms with van der Waals surface area (Å²) >= 11 is 1.10. The molecule has 2 aromatic rings. The number of esters is 1. The Bertz CT molecular complexity index is 541. The molecule has 0 saturated carbocycles. The van der Waals surface area contributed by atoms with Gasteiger partial charge >= 0.3 is 5.97 Å². The van der Waals surface area contributed by atoms with E-state index in [4.69, 9.17) is 0 Å². The summed E-state index contributed by atoms with van der Waals surface area (Å²) < 4.78 is 9.08. The van der Waals surface area contributed by atoms with E-state index in [-0.39, 0.29) is 11.7 Å². The lowest BCUT2D eigenvalue weighted by Gasteiger charge is -1.98. The lowest BCUT2D eigenvalue weighted by molar-refractivity contribution is -0.793. The van der Waals surface area contributed by atoms with Crippen molar-refractivity contribution in [2.45, 2.75) is 5.03 Å². The predicted molar refractivity (Wildman–Crippen MR) is 63.6 cm³/mol. The SMILES string of the molecule is COC(=O)CSc1no[n+]([O-])c1-c1ccccc1. The Morgan fingerprint density at radius 1 is 1.50 bits per heavy atom. The zero-order chi connectivity index (χ0) is 13.0. The van der Waals surface area contributed by atoms with Gasteiger partial charge in [0.25, 0.3) is 5.03 Å². The highest BCUT2D eigenvalue weighted by Gasteiger charge is 2.22. The van der Waals surface area contributed by atoms with Crippen molar-refractivity contribution >= 4 is 17.7 Å². The van der Waals surface area contributed by atoms with Crippen LogP contribution in [0.15, 0.2) is 40.0 Å². The lowest BCUT2D eigenvalue weighted by Crippen LogP contribution is -2.25. The van der Waals surface area contributed by atoms with E-state index in [2.05, 4.69) is 14.5 Å². The molecular weight excluding hydrogens is 256 g/mol. The number of hydrogen-bond donors (Lipinski definition) is 0. The molecule has 0 atom stereocenters. The largest absolute Gasteiger partial charge is 0.468 e. The molecule has 0 fully saturated rings. The molecule has 2 rings (SSSR count). The van der Waals surface area contributed by atoms with Crippen molar-refractivity contribution in [3.8, 4) is 11.3 Å². The van der Waals surface area contributed by atoms with E-state index in [1.165, 1.54) is 7.11 Å². The molecular formula is C11H10N2O4S. The molecule has 7 heteroatoms. The number of methoxy groups -OCH3 is 1. The second-order valence-corrected chi connectivity index (χ2v) is 4.28. The van der Waals surface area contributed by atoms with E-state index in [9.17, 15) is 10.0 Å². The smallest absolute Gasteiger partial charge is 0.316 e. The first-order valence-electron chi connectivity index (χ1n) is 5.07. The van der Waals surface area contributed by atoms with Crippen LogP contribution in [0, 0.1) is 5.21 Å². The van der Waals surface area contributed by atoms with Gasteiger partial charge in [0.2, 0.25) is 5.69 Å². The summed E-state index contributed by atoms with van der Waals surface area (Å²) in [7, 11) is 1.30. The summed E-state index contributed by atoms with van der Waals surface area (Å²) in [6, 6.07) is 8.98. The summed E-state index contributed by atoms with van der Waals surface area (Å²) in [5.41, 5.74) is 0.977. The lowest BCUT2D eigenvalue weighted by atomic mass is 10.2. The monoisotopic (exact) mass is 266 g/mol. The Balaban J connectivity index is 2.25. The average Bonchev–Trinajstić information content (AvgIpc) is 2.78. The fourth-order valence-electron chi connectivity index (χ4n) is 1.34. The van der Waals surface area contributed by atoms with Crippen molar-refractivity contribution in [2.75, 3.05) is 12.9 Å². The second kappa shape index (κ2) is 5.54. The Morgan fingerprint density at radius 3 is 2.89 bits per heavy atom. The molecule has 1 aromatic carbocycles. The molecule has 0 saturated heterocycles. The van der Waals surface area contributed by atoms with Gasteiger partial charge in [0.1, 0.15) is 0 Å². The third kappa shape index (κ3) is 2.62. The standard InChI is InChI=1S/C11H10N2O4S/c1-16-9(14)7-18-11-10(13(15)17-12-11)8-5-3-2-4-6-8/h2-6H,7H2,1H3. The van der Waals surface area contributed by atoms with Crippen LogP contribution in [0.2, 0.25) is 0 Å². The molecule has 0 aliphatic heterocycles. The van der Waals surface area contributed by atoms with Gasteiger partial charge in [-0.05, 0) is 4.90 Å². The molecule has 0 aliphatic carbocycles. The van der Waals surface area contributed by atoms with Gasteiger partial charge in [-0.15, -0.1) is 0 Å². The first-order chi connectivity index (χ1) is 8.72. The van der Waals surface area contributed by atoms with Gasteiger partial charge in [0.05, 0.1) is 18.0 Å². The maximum absolute atomic E-state index is 11.5. The molecule has 1 heterocycles. The number of benzene rings is 1. The maximum Gasteiger partial charge on any atom is 0.316 e. The Labute approximate surface area is 107 Å². The molecule has 1 aromatic heterocycles. The van der Waals surface area contributed by atoms with E-state index in [1.807, 2.05) is 6.07 Å². The van der Waals surface area contributed by atoms with E-state index >= 15 is 0 Å². The number of nitrogens with zero attached hydrogens (tertiary/aromatic N) is 2. The van der Waals surface area contributed by atoms with Crippen molar-refractivity contribution in [3.05, 3.63) is 35.5 Å². The van der Waals surface area contributed by atoms with E-state index in [0.717, 1.165) is 11.8 Å². The zero-order valence-electron chi connectivity index (χ0n) is 9.53. The van der Waals surface area contributed by atoms with E-state index in [0.29, 0.717) is 21.2 Å². The topological polar surface area (TPSA) is 79.3 Å². The molecule has 94 valence electrons. The zero-order valence-corrected chi connectivity index (χ0v) is 10.3. The minimum Gasteiger partial charge on any atom is -0.468 e. The van der Waals surface area contributed by atoms with Gasteiger partial charge in [0, 0.05) is 5.56 Å². The predicted octanol–water partition coefficient (Wildman–Crippen LogP) is 1.24. The second-order valence-electron chi connectivity index (χ2n) is 3.31. The summed E-state index contributed by atoms with van der Waals surface area (Å²) in [4.78, 5) is 11.4. The molecule has 0 radical (unpaired) electrons. The van der Waals surface area contributed by atoms with Crippen LogP contribution in [0.4, 0.5) is 0 Å². The molecule has 0 spiro atoms. The molecule has 0 bridgehead atoms. The van der Waals surface area contributed by atoms with Crippen LogP contribution < -0.4 is 4.90 Å².